The molecule has 4 nitrogen and oxygen atoms in total. The third-order valence-electron chi connectivity index (χ3n) is 2.56. The van der Waals surface area contributed by atoms with Crippen LogP contribution >= 0.6 is 11.6 Å². The molecule has 0 bridgehead atoms. The van der Waals surface area contributed by atoms with Crippen molar-refractivity contribution in [2.45, 2.75) is 5.38 Å². The van der Waals surface area contributed by atoms with Gasteiger partial charge in [-0.2, -0.15) is 0 Å². The largest absolute Gasteiger partial charge is 0.463 e. The van der Waals surface area contributed by atoms with Crippen LogP contribution in [0.1, 0.15) is 10.4 Å². The summed E-state index contributed by atoms with van der Waals surface area (Å²) in [4.78, 5) is 12.0. The Morgan fingerprint density at radius 1 is 1.50 bits per heavy atom. The molecule has 0 saturated heterocycles. The number of amides is 1. The number of furan rings is 1. The average Bonchev–Trinajstić information content (AvgIpc) is 2.80. The highest BCUT2D eigenvalue weighted by Gasteiger charge is 2.14. The van der Waals surface area contributed by atoms with Crippen molar-refractivity contribution >= 4 is 28.5 Å². The number of nitrogens with one attached hydrogen (secondary N) is 1. The van der Waals surface area contributed by atoms with Gasteiger partial charge in [0.1, 0.15) is 11.8 Å². The number of alkyl halides is 1. The van der Waals surface area contributed by atoms with E-state index in [1.54, 1.807) is 7.11 Å². The van der Waals surface area contributed by atoms with Crippen LogP contribution in [0.5, 0.6) is 0 Å². The molecule has 1 aromatic heterocycles. The lowest BCUT2D eigenvalue weighted by Gasteiger charge is -2.09. The van der Waals surface area contributed by atoms with Crippen LogP contribution in [0.3, 0.4) is 0 Å². The highest BCUT2D eigenvalue weighted by Crippen LogP contribution is 2.20. The Kier molecular flexibility index (Phi) is 4.23. The minimum atomic E-state index is -0.239. The van der Waals surface area contributed by atoms with E-state index in [2.05, 4.69) is 5.32 Å². The van der Waals surface area contributed by atoms with Gasteiger partial charge in [0.15, 0.2) is 0 Å². The maximum atomic E-state index is 12.0. The first-order valence-electron chi connectivity index (χ1n) is 5.60. The van der Waals surface area contributed by atoms with Crippen molar-refractivity contribution in [3.05, 3.63) is 36.1 Å². The zero-order chi connectivity index (χ0) is 13.0. The molecule has 18 heavy (non-hydrogen) atoms. The van der Waals surface area contributed by atoms with Crippen LogP contribution in [-0.4, -0.2) is 31.5 Å². The quantitative estimate of drug-likeness (QED) is 0.847. The topological polar surface area (TPSA) is 51.5 Å². The van der Waals surface area contributed by atoms with Gasteiger partial charge in [-0.05, 0) is 6.07 Å². The molecule has 1 N–H and O–H groups in total. The van der Waals surface area contributed by atoms with Gasteiger partial charge in [-0.1, -0.05) is 18.2 Å². The van der Waals surface area contributed by atoms with E-state index in [-0.39, 0.29) is 11.3 Å². The first-order valence-corrected chi connectivity index (χ1v) is 6.03. The van der Waals surface area contributed by atoms with Gasteiger partial charge in [0.2, 0.25) is 0 Å². The van der Waals surface area contributed by atoms with E-state index < -0.39 is 0 Å². The molecule has 0 aliphatic rings. The molecule has 1 atom stereocenters. The SMILES string of the molecule is COCC(Cl)CNC(=O)c1coc2ccccc12. The molecule has 0 radical (unpaired) electrons. The molecule has 0 fully saturated rings. The zero-order valence-corrected chi connectivity index (χ0v) is 10.7. The lowest BCUT2D eigenvalue weighted by molar-refractivity contribution is 0.0950. The van der Waals surface area contributed by atoms with Crippen molar-refractivity contribution in [3.63, 3.8) is 0 Å². The molecule has 0 aliphatic carbocycles. The van der Waals surface area contributed by atoms with E-state index in [1.165, 1.54) is 6.26 Å². The summed E-state index contributed by atoms with van der Waals surface area (Å²) >= 11 is 5.94. The zero-order valence-electron chi connectivity index (χ0n) is 9.98. The summed E-state index contributed by atoms with van der Waals surface area (Å²) in [5, 5.41) is 3.31. The monoisotopic (exact) mass is 267 g/mol. The first kappa shape index (κ1) is 12.9. The Bertz CT molecular complexity index is 538. The number of halogens is 1. The Hall–Kier alpha value is -1.52. The van der Waals surface area contributed by atoms with E-state index in [0.717, 1.165) is 5.39 Å². The molecule has 96 valence electrons. The van der Waals surface area contributed by atoms with Crippen LogP contribution in [0.2, 0.25) is 0 Å². The molecule has 2 aromatic rings. The number of hydrogen-bond acceptors (Lipinski definition) is 3. The second-order valence-corrected chi connectivity index (χ2v) is 4.53. The lowest BCUT2D eigenvalue weighted by atomic mass is 10.1. The number of ether oxygens (including phenoxy) is 1. The molecule has 1 aromatic carbocycles. The van der Waals surface area contributed by atoms with Gasteiger partial charge in [-0.15, -0.1) is 11.6 Å². The van der Waals surface area contributed by atoms with Gasteiger partial charge in [-0.3, -0.25) is 4.79 Å². The van der Waals surface area contributed by atoms with E-state index in [9.17, 15) is 4.79 Å². The number of hydrogen-bond donors (Lipinski definition) is 1. The Morgan fingerprint density at radius 3 is 3.06 bits per heavy atom. The van der Waals surface area contributed by atoms with Gasteiger partial charge in [0.25, 0.3) is 5.91 Å². The molecule has 0 saturated carbocycles. The Balaban J connectivity index is 2.05. The number of methoxy groups -OCH3 is 1. The summed E-state index contributed by atoms with van der Waals surface area (Å²) in [7, 11) is 1.57. The first-order chi connectivity index (χ1) is 8.72. The molecular formula is C13H14ClNO3. The second kappa shape index (κ2) is 5.89. The van der Waals surface area contributed by atoms with Crippen LogP contribution in [0, 0.1) is 0 Å². The molecule has 1 amide bonds. The number of benzene rings is 1. The summed E-state index contributed by atoms with van der Waals surface area (Å²) < 4.78 is 10.2. The van der Waals surface area contributed by atoms with Gasteiger partial charge in [0.05, 0.1) is 17.5 Å². The summed E-state index contributed by atoms with van der Waals surface area (Å²) in [6, 6.07) is 7.40. The number of carbonyl (C=O) groups is 1. The van der Waals surface area contributed by atoms with Gasteiger partial charge >= 0.3 is 0 Å². The van der Waals surface area contributed by atoms with Crippen LogP contribution < -0.4 is 5.32 Å². The summed E-state index contributed by atoms with van der Waals surface area (Å²) in [6.07, 6.45) is 1.46. The molecule has 5 heteroatoms. The molecule has 1 heterocycles. The second-order valence-electron chi connectivity index (χ2n) is 3.91. The standard InChI is InChI=1S/C13H14ClNO3/c1-17-7-9(14)6-15-13(16)11-8-18-12-5-3-2-4-10(11)12/h2-5,8-9H,6-7H2,1H3,(H,15,16). The summed E-state index contributed by atoms with van der Waals surface area (Å²) in [5.74, 6) is -0.193. The number of rotatable bonds is 5. The van der Waals surface area contributed by atoms with Crippen molar-refractivity contribution in [1.82, 2.24) is 5.32 Å². The van der Waals surface area contributed by atoms with Gasteiger partial charge in [0, 0.05) is 19.0 Å². The van der Waals surface area contributed by atoms with Crippen molar-refractivity contribution in [3.8, 4) is 0 Å². The van der Waals surface area contributed by atoms with Crippen LogP contribution in [0.25, 0.3) is 11.0 Å². The van der Waals surface area contributed by atoms with E-state index in [0.29, 0.717) is 24.3 Å². The molecular weight excluding hydrogens is 254 g/mol. The minimum Gasteiger partial charge on any atom is -0.463 e. The fourth-order valence-electron chi connectivity index (χ4n) is 1.69. The number of carbonyl (C=O) groups excluding carboxylic acids is 1. The third-order valence-corrected chi connectivity index (χ3v) is 2.84. The summed E-state index contributed by atoms with van der Waals surface area (Å²) in [5.41, 5.74) is 1.22. The highest BCUT2D eigenvalue weighted by atomic mass is 35.5. The van der Waals surface area contributed by atoms with Crippen molar-refractivity contribution < 1.29 is 13.9 Å². The highest BCUT2D eigenvalue weighted by molar-refractivity contribution is 6.21. The number of fused-ring (bicyclic) bond motifs is 1. The predicted octanol–water partition coefficient (Wildman–Crippen LogP) is 2.42. The van der Waals surface area contributed by atoms with Crippen molar-refractivity contribution in [2.24, 2.45) is 0 Å². The minimum absolute atomic E-state index is 0.193. The van der Waals surface area contributed by atoms with Crippen molar-refractivity contribution in [1.29, 1.82) is 0 Å². The molecule has 0 spiro atoms. The van der Waals surface area contributed by atoms with Crippen LogP contribution in [0.4, 0.5) is 0 Å². The van der Waals surface area contributed by atoms with E-state index in [4.69, 9.17) is 20.8 Å². The number of para-hydroxylation sites is 1. The van der Waals surface area contributed by atoms with Gasteiger partial charge in [-0.25, -0.2) is 0 Å². The maximum absolute atomic E-state index is 12.0. The molecule has 0 aliphatic heterocycles. The predicted molar refractivity (Wildman–Crippen MR) is 70.1 cm³/mol. The van der Waals surface area contributed by atoms with E-state index in [1.807, 2.05) is 24.3 Å². The third kappa shape index (κ3) is 2.83. The van der Waals surface area contributed by atoms with Crippen molar-refractivity contribution in [2.75, 3.05) is 20.3 Å². The fraction of sp³-hybridized carbons (Fsp3) is 0.308. The van der Waals surface area contributed by atoms with Crippen LogP contribution in [-0.2, 0) is 4.74 Å². The average molecular weight is 268 g/mol. The van der Waals surface area contributed by atoms with E-state index >= 15 is 0 Å². The lowest BCUT2D eigenvalue weighted by Crippen LogP contribution is -2.31. The molecule has 2 rings (SSSR count). The smallest absolute Gasteiger partial charge is 0.255 e. The summed E-state index contributed by atoms with van der Waals surface area (Å²) in [6.45, 7) is 0.752. The Morgan fingerprint density at radius 2 is 2.28 bits per heavy atom. The molecule has 1 unspecified atom stereocenters. The maximum Gasteiger partial charge on any atom is 0.255 e. The fourth-order valence-corrected chi connectivity index (χ4v) is 1.90. The normalized spacial score (nSPS) is 12.6. The Labute approximate surface area is 110 Å². The van der Waals surface area contributed by atoms with Crippen LogP contribution in [0.15, 0.2) is 34.9 Å². The van der Waals surface area contributed by atoms with Gasteiger partial charge < -0.3 is 14.5 Å².